The molecule has 1 saturated heterocycles. The summed E-state index contributed by atoms with van der Waals surface area (Å²) in [6, 6.07) is 6.47. The van der Waals surface area contributed by atoms with Gasteiger partial charge in [0.15, 0.2) is 0 Å². The van der Waals surface area contributed by atoms with Crippen LogP contribution in [0.15, 0.2) is 29.2 Å². The van der Waals surface area contributed by atoms with Gasteiger partial charge in [-0.05, 0) is 37.0 Å². The lowest BCUT2D eigenvalue weighted by molar-refractivity contribution is 0.123. The summed E-state index contributed by atoms with van der Waals surface area (Å²) >= 11 is 3.32. The second-order valence-electron chi connectivity index (χ2n) is 4.58. The predicted molar refractivity (Wildman–Crippen MR) is 83.6 cm³/mol. The molecule has 1 aliphatic heterocycles. The fourth-order valence-electron chi connectivity index (χ4n) is 1.74. The summed E-state index contributed by atoms with van der Waals surface area (Å²) in [6.45, 7) is 1.69. The third-order valence-electron chi connectivity index (χ3n) is 2.87. The molecule has 0 radical (unpaired) electrons. The molecule has 0 amide bonds. The summed E-state index contributed by atoms with van der Waals surface area (Å²) in [4.78, 5) is 0.124. The molecule has 2 rings (SSSR count). The zero-order valence-corrected chi connectivity index (χ0v) is 13.6. The van der Waals surface area contributed by atoms with Crippen LogP contribution in [0.5, 0.6) is 0 Å². The van der Waals surface area contributed by atoms with Crippen LogP contribution in [0.1, 0.15) is 12.0 Å². The molecule has 1 aromatic carbocycles. The Kier molecular flexibility index (Phi) is 5.80. The Balaban J connectivity index is 1.93. The van der Waals surface area contributed by atoms with Gasteiger partial charge in [-0.1, -0.05) is 17.7 Å². The Morgan fingerprint density at radius 1 is 1.30 bits per heavy atom. The Hall–Kier alpha value is -0.210. The molecule has 0 saturated carbocycles. The number of hydrogen-bond acceptors (Lipinski definition) is 6. The molecule has 1 unspecified atom stereocenters. The van der Waals surface area contributed by atoms with Gasteiger partial charge in [-0.25, -0.2) is 0 Å². The minimum atomic E-state index is -3.79. The first-order valence-electron chi connectivity index (χ1n) is 6.36. The fraction of sp³-hybridized carbons (Fsp3) is 0.538. The SMILES string of the molecule is Cc1ccc(S(=O)(=O)OCC(O)C2SCCCS2)cc1. The average Bonchev–Trinajstić information content (AvgIpc) is 2.46. The van der Waals surface area contributed by atoms with E-state index in [-0.39, 0.29) is 16.1 Å². The van der Waals surface area contributed by atoms with Crippen molar-refractivity contribution in [3.8, 4) is 0 Å². The van der Waals surface area contributed by atoms with Crippen LogP contribution in [0.3, 0.4) is 0 Å². The Labute approximate surface area is 128 Å². The van der Waals surface area contributed by atoms with Crippen molar-refractivity contribution >= 4 is 33.6 Å². The van der Waals surface area contributed by atoms with E-state index in [1.807, 2.05) is 6.92 Å². The summed E-state index contributed by atoms with van der Waals surface area (Å²) in [5.41, 5.74) is 0.985. The monoisotopic (exact) mass is 334 g/mol. The zero-order valence-electron chi connectivity index (χ0n) is 11.2. The van der Waals surface area contributed by atoms with Gasteiger partial charge < -0.3 is 5.11 Å². The van der Waals surface area contributed by atoms with Crippen LogP contribution in [0, 0.1) is 6.92 Å². The molecule has 0 aromatic heterocycles. The molecule has 4 nitrogen and oxygen atoms in total. The highest BCUT2D eigenvalue weighted by Crippen LogP contribution is 2.33. The van der Waals surface area contributed by atoms with Gasteiger partial charge in [0.25, 0.3) is 10.1 Å². The lowest BCUT2D eigenvalue weighted by Gasteiger charge is -2.25. The first-order chi connectivity index (χ1) is 9.49. The smallest absolute Gasteiger partial charge is 0.297 e. The molecule has 1 N–H and O–H groups in total. The minimum absolute atomic E-state index is 0.00281. The van der Waals surface area contributed by atoms with Crippen LogP contribution in [-0.4, -0.2) is 42.3 Å². The molecule has 0 bridgehead atoms. The van der Waals surface area contributed by atoms with Crippen molar-refractivity contribution in [2.45, 2.75) is 28.9 Å². The van der Waals surface area contributed by atoms with Crippen LogP contribution >= 0.6 is 23.5 Å². The number of hydrogen-bond donors (Lipinski definition) is 1. The summed E-state index contributed by atoms with van der Waals surface area (Å²) < 4.78 is 28.9. The second kappa shape index (κ2) is 7.17. The lowest BCUT2D eigenvalue weighted by Crippen LogP contribution is -2.29. The van der Waals surface area contributed by atoms with E-state index in [1.54, 1.807) is 35.7 Å². The van der Waals surface area contributed by atoms with Crippen LogP contribution < -0.4 is 0 Å². The third-order valence-corrected chi connectivity index (χ3v) is 7.32. The van der Waals surface area contributed by atoms with E-state index in [2.05, 4.69) is 0 Å². The van der Waals surface area contributed by atoms with Crippen molar-refractivity contribution in [1.82, 2.24) is 0 Å². The van der Waals surface area contributed by atoms with Crippen LogP contribution in [0.4, 0.5) is 0 Å². The maximum Gasteiger partial charge on any atom is 0.297 e. The van der Waals surface area contributed by atoms with E-state index in [0.717, 1.165) is 23.5 Å². The number of aliphatic hydroxyl groups excluding tert-OH is 1. The fourth-order valence-corrected chi connectivity index (χ4v) is 5.50. The molecule has 1 aromatic rings. The largest absolute Gasteiger partial charge is 0.389 e. The molecule has 1 aliphatic rings. The zero-order chi connectivity index (χ0) is 14.6. The Morgan fingerprint density at radius 3 is 2.50 bits per heavy atom. The van der Waals surface area contributed by atoms with Crippen molar-refractivity contribution in [1.29, 1.82) is 0 Å². The van der Waals surface area contributed by atoms with Crippen LogP contribution in [-0.2, 0) is 14.3 Å². The quantitative estimate of drug-likeness (QED) is 0.833. The standard InChI is InChI=1S/C13H18O4S3/c1-10-3-5-11(6-4-10)20(15,16)17-9-12(14)13-18-7-2-8-19-13/h3-6,12-14H,2,7-9H2,1H3. The first kappa shape index (κ1) is 16.2. The van der Waals surface area contributed by atoms with Gasteiger partial charge >= 0.3 is 0 Å². The lowest BCUT2D eigenvalue weighted by atomic mass is 10.2. The second-order valence-corrected chi connectivity index (χ2v) is 9.00. The van der Waals surface area contributed by atoms with Gasteiger partial charge in [0.05, 0.1) is 22.2 Å². The van der Waals surface area contributed by atoms with Crippen molar-refractivity contribution < 1.29 is 17.7 Å². The van der Waals surface area contributed by atoms with E-state index < -0.39 is 16.2 Å². The molecule has 1 heterocycles. The van der Waals surface area contributed by atoms with Crippen LogP contribution in [0.25, 0.3) is 0 Å². The van der Waals surface area contributed by atoms with Crippen molar-refractivity contribution in [2.75, 3.05) is 18.1 Å². The topological polar surface area (TPSA) is 63.6 Å². The Morgan fingerprint density at radius 2 is 1.90 bits per heavy atom. The average molecular weight is 334 g/mol. The molecular weight excluding hydrogens is 316 g/mol. The first-order valence-corrected chi connectivity index (χ1v) is 9.87. The van der Waals surface area contributed by atoms with Gasteiger partial charge in [-0.3, -0.25) is 4.18 Å². The number of rotatable bonds is 5. The molecule has 7 heteroatoms. The summed E-state index contributed by atoms with van der Waals surface area (Å²) in [5.74, 6) is 2.00. The summed E-state index contributed by atoms with van der Waals surface area (Å²) in [5, 5.41) is 10.00. The van der Waals surface area contributed by atoms with Gasteiger partial charge in [-0.2, -0.15) is 8.42 Å². The predicted octanol–water partition coefficient (Wildman–Crippen LogP) is 2.26. The van der Waals surface area contributed by atoms with E-state index in [0.29, 0.717) is 0 Å². The van der Waals surface area contributed by atoms with E-state index in [9.17, 15) is 13.5 Å². The summed E-state index contributed by atoms with van der Waals surface area (Å²) in [7, 11) is -3.79. The Bertz CT molecular complexity index is 521. The molecular formula is C13H18O4S3. The highest BCUT2D eigenvalue weighted by molar-refractivity contribution is 8.17. The van der Waals surface area contributed by atoms with Gasteiger partial charge in [0.2, 0.25) is 0 Å². The van der Waals surface area contributed by atoms with Crippen molar-refractivity contribution in [3.63, 3.8) is 0 Å². The third kappa shape index (κ3) is 4.39. The number of thioether (sulfide) groups is 2. The van der Waals surface area contributed by atoms with Gasteiger partial charge in [0.1, 0.15) is 0 Å². The van der Waals surface area contributed by atoms with Gasteiger partial charge in [-0.15, -0.1) is 23.5 Å². The van der Waals surface area contributed by atoms with Crippen molar-refractivity contribution in [3.05, 3.63) is 29.8 Å². The normalized spacial score (nSPS) is 18.9. The maximum atomic E-state index is 12.0. The number of benzene rings is 1. The number of aliphatic hydroxyl groups is 1. The molecule has 1 atom stereocenters. The van der Waals surface area contributed by atoms with Crippen molar-refractivity contribution in [2.24, 2.45) is 0 Å². The van der Waals surface area contributed by atoms with Gasteiger partial charge in [0, 0.05) is 0 Å². The highest BCUT2D eigenvalue weighted by Gasteiger charge is 2.25. The molecule has 0 spiro atoms. The molecule has 112 valence electrons. The number of aryl methyl sites for hydroxylation is 1. The van der Waals surface area contributed by atoms with E-state index in [1.165, 1.54) is 12.1 Å². The molecule has 20 heavy (non-hydrogen) atoms. The maximum absolute atomic E-state index is 12.0. The van der Waals surface area contributed by atoms with E-state index in [4.69, 9.17) is 4.18 Å². The summed E-state index contributed by atoms with van der Waals surface area (Å²) in [6.07, 6.45) is 0.353. The van der Waals surface area contributed by atoms with Crippen LogP contribution in [0.2, 0.25) is 0 Å². The minimum Gasteiger partial charge on any atom is -0.389 e. The van der Waals surface area contributed by atoms with E-state index >= 15 is 0 Å². The highest BCUT2D eigenvalue weighted by atomic mass is 32.2. The molecule has 1 fully saturated rings. The molecule has 0 aliphatic carbocycles.